The average Bonchev–Trinajstić information content (AvgIpc) is 3.16. The number of carbonyl (C=O) groups excluding carboxylic acids is 2. The second kappa shape index (κ2) is 7.79. The molecule has 0 bridgehead atoms. The second-order valence-corrected chi connectivity index (χ2v) is 7.11. The van der Waals surface area contributed by atoms with E-state index in [4.69, 9.17) is 4.74 Å². The molecule has 4 rings (SSSR count). The van der Waals surface area contributed by atoms with E-state index in [1.807, 2.05) is 49.4 Å². The molecule has 0 spiro atoms. The molecule has 1 aliphatic rings. The van der Waals surface area contributed by atoms with Gasteiger partial charge in [0.05, 0.1) is 24.0 Å². The van der Waals surface area contributed by atoms with E-state index in [1.54, 1.807) is 24.0 Å². The first-order chi connectivity index (χ1) is 14.0. The van der Waals surface area contributed by atoms with Gasteiger partial charge in [-0.15, -0.1) is 0 Å². The van der Waals surface area contributed by atoms with E-state index in [0.717, 1.165) is 5.56 Å². The number of amides is 2. The molecule has 7 heteroatoms. The Kier molecular flexibility index (Phi) is 5.03. The van der Waals surface area contributed by atoms with Crippen LogP contribution in [0.4, 0.5) is 5.69 Å². The summed E-state index contributed by atoms with van der Waals surface area (Å²) in [5.74, 6) is 0.0304. The van der Waals surface area contributed by atoms with Crippen molar-refractivity contribution in [2.75, 3.05) is 18.6 Å². The Morgan fingerprint density at radius 3 is 2.76 bits per heavy atom. The number of rotatable bonds is 4. The molecule has 7 nitrogen and oxygen atoms in total. The number of carbonyl (C=O) groups is 2. The van der Waals surface area contributed by atoms with E-state index in [9.17, 15) is 9.59 Å². The van der Waals surface area contributed by atoms with Crippen molar-refractivity contribution >= 4 is 17.5 Å². The minimum absolute atomic E-state index is 0.0728. The molecule has 3 aromatic rings. The standard InChI is InChI=1S/C22H22N4O3/c1-15-7-9-16(10-8-15)12-26-13-17(11-23-26)21(27)24-18-14-29-20-6-4-3-5-19(20)25(2)22(18)28/h3-11,13,18H,12,14H2,1-2H3,(H,24,27). The molecular weight excluding hydrogens is 368 g/mol. The Labute approximate surface area is 168 Å². The van der Waals surface area contributed by atoms with Crippen LogP contribution in [0.25, 0.3) is 0 Å². The topological polar surface area (TPSA) is 76.5 Å². The summed E-state index contributed by atoms with van der Waals surface area (Å²) in [4.78, 5) is 26.9. The molecule has 1 aliphatic heterocycles. The Bertz CT molecular complexity index is 1040. The lowest BCUT2D eigenvalue weighted by atomic mass is 10.1. The largest absolute Gasteiger partial charge is 0.489 e. The summed E-state index contributed by atoms with van der Waals surface area (Å²) >= 11 is 0. The monoisotopic (exact) mass is 390 g/mol. The van der Waals surface area contributed by atoms with E-state index in [1.165, 1.54) is 16.7 Å². The van der Waals surface area contributed by atoms with Gasteiger partial charge in [-0.1, -0.05) is 42.0 Å². The number of ether oxygens (including phenoxy) is 1. The SMILES string of the molecule is Cc1ccc(Cn2cc(C(=O)NC3COc4ccccc4N(C)C3=O)cn2)cc1. The van der Waals surface area contributed by atoms with Gasteiger partial charge in [-0.05, 0) is 24.6 Å². The predicted octanol–water partition coefficient (Wildman–Crippen LogP) is 2.39. The molecule has 2 heterocycles. The Morgan fingerprint density at radius 1 is 1.21 bits per heavy atom. The molecule has 29 heavy (non-hydrogen) atoms. The minimum atomic E-state index is -0.777. The molecule has 2 amide bonds. The van der Waals surface area contributed by atoms with Crippen molar-refractivity contribution in [3.8, 4) is 5.75 Å². The summed E-state index contributed by atoms with van der Waals surface area (Å²) in [6.07, 6.45) is 3.18. The number of likely N-dealkylation sites (N-methyl/N-ethyl adjacent to an activating group) is 1. The number of aryl methyl sites for hydroxylation is 1. The summed E-state index contributed by atoms with van der Waals surface area (Å²) < 4.78 is 7.44. The van der Waals surface area contributed by atoms with Gasteiger partial charge in [-0.25, -0.2) is 0 Å². The van der Waals surface area contributed by atoms with Crippen LogP contribution >= 0.6 is 0 Å². The number of hydrogen-bond acceptors (Lipinski definition) is 4. The summed E-state index contributed by atoms with van der Waals surface area (Å²) in [6.45, 7) is 2.68. The van der Waals surface area contributed by atoms with Crippen molar-refractivity contribution in [2.45, 2.75) is 19.5 Å². The normalized spacial score (nSPS) is 16.0. The number of aromatic nitrogens is 2. The van der Waals surface area contributed by atoms with E-state index >= 15 is 0 Å². The summed E-state index contributed by atoms with van der Waals surface area (Å²) in [7, 11) is 1.68. The van der Waals surface area contributed by atoms with Gasteiger partial charge in [0.25, 0.3) is 11.8 Å². The van der Waals surface area contributed by atoms with Crippen molar-refractivity contribution in [3.63, 3.8) is 0 Å². The summed E-state index contributed by atoms with van der Waals surface area (Å²) in [5.41, 5.74) is 3.36. The maximum atomic E-state index is 12.8. The molecule has 1 atom stereocenters. The zero-order chi connectivity index (χ0) is 20.4. The highest BCUT2D eigenvalue weighted by Crippen LogP contribution is 2.29. The molecule has 0 aliphatic carbocycles. The third-order valence-corrected chi connectivity index (χ3v) is 4.93. The van der Waals surface area contributed by atoms with Gasteiger partial charge in [-0.2, -0.15) is 5.10 Å². The van der Waals surface area contributed by atoms with Gasteiger partial charge >= 0.3 is 0 Å². The van der Waals surface area contributed by atoms with Crippen molar-refractivity contribution in [1.29, 1.82) is 0 Å². The van der Waals surface area contributed by atoms with E-state index < -0.39 is 6.04 Å². The quantitative estimate of drug-likeness (QED) is 0.742. The fourth-order valence-corrected chi connectivity index (χ4v) is 3.25. The number of benzene rings is 2. The van der Waals surface area contributed by atoms with Crippen LogP contribution < -0.4 is 15.0 Å². The number of fused-ring (bicyclic) bond motifs is 1. The molecule has 0 radical (unpaired) electrons. The maximum Gasteiger partial charge on any atom is 0.255 e. The lowest BCUT2D eigenvalue weighted by Gasteiger charge is -2.20. The zero-order valence-corrected chi connectivity index (χ0v) is 16.3. The van der Waals surface area contributed by atoms with Crippen LogP contribution in [0.2, 0.25) is 0 Å². The van der Waals surface area contributed by atoms with Crippen LogP contribution in [-0.4, -0.2) is 41.3 Å². The van der Waals surface area contributed by atoms with Gasteiger partial charge in [-0.3, -0.25) is 14.3 Å². The Morgan fingerprint density at radius 2 is 1.97 bits per heavy atom. The second-order valence-electron chi connectivity index (χ2n) is 7.11. The minimum Gasteiger partial charge on any atom is -0.489 e. The van der Waals surface area contributed by atoms with E-state index in [-0.39, 0.29) is 18.4 Å². The Hall–Kier alpha value is -3.61. The van der Waals surface area contributed by atoms with Gasteiger partial charge < -0.3 is 15.0 Å². The highest BCUT2D eigenvalue weighted by molar-refractivity contribution is 6.03. The predicted molar refractivity (Wildman–Crippen MR) is 109 cm³/mol. The number of nitrogens with one attached hydrogen (secondary N) is 1. The van der Waals surface area contributed by atoms with Crippen LogP contribution in [-0.2, 0) is 11.3 Å². The van der Waals surface area contributed by atoms with E-state index in [2.05, 4.69) is 10.4 Å². The van der Waals surface area contributed by atoms with Crippen molar-refractivity contribution in [3.05, 3.63) is 77.6 Å². The van der Waals surface area contributed by atoms with Crippen LogP contribution in [0.1, 0.15) is 21.5 Å². The Balaban J connectivity index is 1.44. The first-order valence-corrected chi connectivity index (χ1v) is 9.39. The molecule has 148 valence electrons. The molecule has 1 N–H and O–H groups in total. The fourth-order valence-electron chi connectivity index (χ4n) is 3.25. The molecule has 0 saturated heterocycles. The lowest BCUT2D eigenvalue weighted by molar-refractivity contribution is -0.120. The molecule has 1 unspecified atom stereocenters. The fraction of sp³-hybridized carbons (Fsp3) is 0.227. The van der Waals surface area contributed by atoms with Crippen LogP contribution in [0.5, 0.6) is 5.75 Å². The van der Waals surface area contributed by atoms with Gasteiger partial charge in [0, 0.05) is 13.2 Å². The zero-order valence-electron chi connectivity index (χ0n) is 16.3. The third-order valence-electron chi connectivity index (χ3n) is 4.93. The number of nitrogens with zero attached hydrogens (tertiary/aromatic N) is 3. The molecule has 0 saturated carbocycles. The van der Waals surface area contributed by atoms with Gasteiger partial charge in [0.15, 0.2) is 0 Å². The third kappa shape index (κ3) is 3.99. The number of hydrogen-bond donors (Lipinski definition) is 1. The summed E-state index contributed by atoms with van der Waals surface area (Å²) in [6, 6.07) is 14.7. The van der Waals surface area contributed by atoms with Gasteiger partial charge in [0.2, 0.25) is 0 Å². The van der Waals surface area contributed by atoms with Crippen LogP contribution in [0.15, 0.2) is 60.9 Å². The van der Waals surface area contributed by atoms with Crippen molar-refractivity contribution in [1.82, 2.24) is 15.1 Å². The van der Waals surface area contributed by atoms with Crippen molar-refractivity contribution in [2.24, 2.45) is 0 Å². The first kappa shape index (κ1) is 18.7. The molecular formula is C22H22N4O3. The first-order valence-electron chi connectivity index (χ1n) is 9.39. The summed E-state index contributed by atoms with van der Waals surface area (Å²) in [5, 5.41) is 7.03. The van der Waals surface area contributed by atoms with E-state index in [0.29, 0.717) is 23.5 Å². The highest BCUT2D eigenvalue weighted by Gasteiger charge is 2.30. The van der Waals surface area contributed by atoms with Crippen LogP contribution in [0, 0.1) is 6.92 Å². The van der Waals surface area contributed by atoms with Gasteiger partial charge in [0.1, 0.15) is 18.4 Å². The molecule has 0 fully saturated rings. The number of anilines is 1. The maximum absolute atomic E-state index is 12.8. The average molecular weight is 390 g/mol. The highest BCUT2D eigenvalue weighted by atomic mass is 16.5. The molecule has 1 aromatic heterocycles. The lowest BCUT2D eigenvalue weighted by Crippen LogP contribution is -2.49. The molecule has 2 aromatic carbocycles. The van der Waals surface area contributed by atoms with Crippen molar-refractivity contribution < 1.29 is 14.3 Å². The van der Waals surface area contributed by atoms with Crippen LogP contribution in [0.3, 0.4) is 0 Å². The number of para-hydroxylation sites is 2. The smallest absolute Gasteiger partial charge is 0.255 e.